The van der Waals surface area contributed by atoms with Crippen molar-refractivity contribution in [2.75, 3.05) is 13.0 Å². The number of rotatable bonds is 4. The Morgan fingerprint density at radius 3 is 2.71 bits per heavy atom. The van der Waals surface area contributed by atoms with Crippen LogP contribution in [0.3, 0.4) is 0 Å². The Labute approximate surface area is 104 Å². The second kappa shape index (κ2) is 5.95. The Bertz CT molecular complexity index is 410. The highest BCUT2D eigenvalue weighted by Gasteiger charge is 2.20. The molecule has 2 unspecified atom stereocenters. The summed E-state index contributed by atoms with van der Waals surface area (Å²) < 4.78 is 4.55. The van der Waals surface area contributed by atoms with Gasteiger partial charge >= 0.3 is 5.97 Å². The lowest BCUT2D eigenvalue weighted by Crippen LogP contribution is -2.20. The van der Waals surface area contributed by atoms with Gasteiger partial charge in [0.1, 0.15) is 6.10 Å². The molecule has 17 heavy (non-hydrogen) atoms. The molecule has 2 N–H and O–H groups in total. The number of alkyl halides is 1. The van der Waals surface area contributed by atoms with Gasteiger partial charge in [-0.25, -0.2) is 9.78 Å². The van der Waals surface area contributed by atoms with Crippen LogP contribution in [-0.4, -0.2) is 40.3 Å². The Morgan fingerprint density at radius 1 is 1.59 bits per heavy atom. The van der Waals surface area contributed by atoms with E-state index in [4.69, 9.17) is 11.6 Å². The van der Waals surface area contributed by atoms with Gasteiger partial charge in [-0.2, -0.15) is 0 Å². The molecule has 0 amide bonds. The maximum absolute atomic E-state index is 11.3. The normalized spacial score (nSPS) is 14.2. The summed E-state index contributed by atoms with van der Waals surface area (Å²) in [6, 6.07) is 1.57. The van der Waals surface area contributed by atoms with Gasteiger partial charge in [-0.1, -0.05) is 0 Å². The number of halogens is 1. The first-order valence-corrected chi connectivity index (χ1v) is 5.51. The van der Waals surface area contributed by atoms with Crippen LogP contribution in [0.5, 0.6) is 0 Å². The van der Waals surface area contributed by atoms with Crippen LogP contribution in [0.25, 0.3) is 0 Å². The van der Waals surface area contributed by atoms with Gasteiger partial charge in [0.25, 0.3) is 0 Å². The molecule has 0 radical (unpaired) electrons. The number of methoxy groups -OCH3 is 1. The van der Waals surface area contributed by atoms with Gasteiger partial charge in [-0.3, -0.25) is 0 Å². The number of aliphatic hydroxyl groups excluding tert-OH is 2. The summed E-state index contributed by atoms with van der Waals surface area (Å²) in [6.45, 7) is 1.67. The van der Waals surface area contributed by atoms with Crippen LogP contribution in [-0.2, 0) is 4.74 Å². The molecule has 0 aliphatic rings. The van der Waals surface area contributed by atoms with Crippen molar-refractivity contribution < 1.29 is 19.7 Å². The van der Waals surface area contributed by atoms with E-state index in [0.717, 1.165) is 0 Å². The van der Waals surface area contributed by atoms with Crippen molar-refractivity contribution in [2.24, 2.45) is 0 Å². The standard InChI is InChI=1S/C11H14ClNO4/c1-6-3-7(10(15)8(14)4-12)5-13-9(6)11(16)17-2/h3,5,8,10,14-15H,4H2,1-2H3. The number of aromatic nitrogens is 1. The van der Waals surface area contributed by atoms with Crippen LogP contribution in [0.15, 0.2) is 12.3 Å². The van der Waals surface area contributed by atoms with Crippen LogP contribution >= 0.6 is 11.6 Å². The predicted octanol–water partition coefficient (Wildman–Crippen LogP) is 0.810. The zero-order chi connectivity index (χ0) is 13.0. The van der Waals surface area contributed by atoms with Crippen molar-refractivity contribution >= 4 is 17.6 Å². The van der Waals surface area contributed by atoms with Crippen LogP contribution in [0.4, 0.5) is 0 Å². The van der Waals surface area contributed by atoms with Crippen LogP contribution in [0, 0.1) is 6.92 Å². The summed E-state index contributed by atoms with van der Waals surface area (Å²) in [6.07, 6.45) is -0.869. The highest BCUT2D eigenvalue weighted by atomic mass is 35.5. The van der Waals surface area contributed by atoms with Crippen molar-refractivity contribution in [3.05, 3.63) is 29.1 Å². The molecule has 1 aromatic heterocycles. The quantitative estimate of drug-likeness (QED) is 0.618. The first-order valence-electron chi connectivity index (χ1n) is 4.98. The smallest absolute Gasteiger partial charge is 0.356 e. The van der Waals surface area contributed by atoms with Gasteiger partial charge in [0.2, 0.25) is 0 Å². The Hall–Kier alpha value is -1.17. The number of nitrogens with zero attached hydrogens (tertiary/aromatic N) is 1. The molecule has 0 aliphatic heterocycles. The summed E-state index contributed by atoms with van der Waals surface area (Å²) in [5, 5.41) is 19.1. The molecule has 1 heterocycles. The largest absolute Gasteiger partial charge is 0.464 e. The van der Waals surface area contributed by atoms with Crippen LogP contribution in [0.1, 0.15) is 27.7 Å². The van der Waals surface area contributed by atoms with E-state index in [1.165, 1.54) is 13.3 Å². The van der Waals surface area contributed by atoms with Gasteiger partial charge in [-0.05, 0) is 18.6 Å². The summed E-state index contributed by atoms with van der Waals surface area (Å²) in [5.41, 5.74) is 1.15. The number of aryl methyl sites for hydroxylation is 1. The molecular weight excluding hydrogens is 246 g/mol. The maximum atomic E-state index is 11.3. The van der Waals surface area contributed by atoms with E-state index < -0.39 is 18.2 Å². The van der Waals surface area contributed by atoms with E-state index in [1.54, 1.807) is 13.0 Å². The average molecular weight is 260 g/mol. The number of carbonyl (C=O) groups is 1. The van der Waals surface area contributed by atoms with Crippen molar-refractivity contribution in [3.63, 3.8) is 0 Å². The van der Waals surface area contributed by atoms with E-state index in [9.17, 15) is 15.0 Å². The topological polar surface area (TPSA) is 79.7 Å². The van der Waals surface area contributed by atoms with Crippen LogP contribution in [0.2, 0.25) is 0 Å². The lowest BCUT2D eigenvalue weighted by atomic mass is 10.0. The number of pyridine rings is 1. The molecule has 0 aromatic carbocycles. The maximum Gasteiger partial charge on any atom is 0.356 e. The molecule has 0 aliphatic carbocycles. The molecule has 0 saturated heterocycles. The Balaban J connectivity index is 3.00. The third-order valence-electron chi connectivity index (χ3n) is 2.34. The van der Waals surface area contributed by atoms with E-state index in [1.807, 2.05) is 0 Å². The molecule has 2 atom stereocenters. The van der Waals surface area contributed by atoms with Crippen molar-refractivity contribution in [2.45, 2.75) is 19.1 Å². The van der Waals surface area contributed by atoms with Crippen molar-refractivity contribution in [1.82, 2.24) is 4.98 Å². The first kappa shape index (κ1) is 13.9. The molecule has 1 rings (SSSR count). The molecule has 6 heteroatoms. The number of ether oxygens (including phenoxy) is 1. The Morgan fingerprint density at radius 2 is 2.24 bits per heavy atom. The van der Waals surface area contributed by atoms with Gasteiger partial charge in [-0.15, -0.1) is 11.6 Å². The number of hydrogen-bond acceptors (Lipinski definition) is 5. The second-order valence-corrected chi connectivity index (χ2v) is 3.90. The Kier molecular flexibility index (Phi) is 4.86. The SMILES string of the molecule is COC(=O)c1ncc(C(O)C(O)CCl)cc1C. The van der Waals surface area contributed by atoms with E-state index in [-0.39, 0.29) is 11.6 Å². The fraction of sp³-hybridized carbons (Fsp3) is 0.455. The minimum Gasteiger partial charge on any atom is -0.464 e. The first-order chi connectivity index (χ1) is 8.01. The lowest BCUT2D eigenvalue weighted by Gasteiger charge is -2.16. The molecule has 1 aromatic rings. The fourth-order valence-electron chi connectivity index (χ4n) is 1.38. The summed E-state index contributed by atoms with van der Waals surface area (Å²) in [5.74, 6) is -0.625. The highest BCUT2D eigenvalue weighted by Crippen LogP contribution is 2.19. The predicted molar refractivity (Wildman–Crippen MR) is 62.0 cm³/mol. The van der Waals surface area contributed by atoms with Crippen LogP contribution < -0.4 is 0 Å². The number of carbonyl (C=O) groups excluding carboxylic acids is 1. The third-order valence-corrected chi connectivity index (χ3v) is 2.66. The van der Waals surface area contributed by atoms with Crippen molar-refractivity contribution in [1.29, 1.82) is 0 Å². The summed E-state index contributed by atoms with van der Waals surface area (Å²) in [7, 11) is 1.27. The number of hydrogen-bond donors (Lipinski definition) is 2. The van der Waals surface area contributed by atoms with Gasteiger partial charge < -0.3 is 14.9 Å². The molecule has 0 fully saturated rings. The monoisotopic (exact) mass is 259 g/mol. The zero-order valence-corrected chi connectivity index (χ0v) is 10.3. The van der Waals surface area contributed by atoms with E-state index in [2.05, 4.69) is 9.72 Å². The average Bonchev–Trinajstić information content (AvgIpc) is 2.35. The lowest BCUT2D eigenvalue weighted by molar-refractivity contribution is 0.0324. The second-order valence-electron chi connectivity index (χ2n) is 3.59. The molecule has 0 saturated carbocycles. The third kappa shape index (κ3) is 3.15. The van der Waals surface area contributed by atoms with E-state index in [0.29, 0.717) is 11.1 Å². The minimum absolute atomic E-state index is 0.0844. The van der Waals surface area contributed by atoms with Gasteiger partial charge in [0, 0.05) is 11.8 Å². The molecule has 0 spiro atoms. The molecule has 0 bridgehead atoms. The molecule has 5 nitrogen and oxygen atoms in total. The highest BCUT2D eigenvalue weighted by molar-refractivity contribution is 6.18. The molecule has 94 valence electrons. The number of esters is 1. The summed E-state index contributed by atoms with van der Waals surface area (Å²) >= 11 is 5.44. The van der Waals surface area contributed by atoms with Gasteiger partial charge in [0.15, 0.2) is 5.69 Å². The fourth-order valence-corrected chi connectivity index (χ4v) is 1.54. The minimum atomic E-state index is -1.12. The zero-order valence-electron chi connectivity index (χ0n) is 9.55. The molecular formula is C11H14ClNO4. The van der Waals surface area contributed by atoms with Gasteiger partial charge in [0.05, 0.1) is 19.1 Å². The van der Waals surface area contributed by atoms with Crippen molar-refractivity contribution in [3.8, 4) is 0 Å². The number of aliphatic hydroxyl groups is 2. The van der Waals surface area contributed by atoms with E-state index >= 15 is 0 Å². The summed E-state index contributed by atoms with van der Waals surface area (Å²) in [4.78, 5) is 15.2.